The summed E-state index contributed by atoms with van der Waals surface area (Å²) in [7, 11) is 0. The van der Waals surface area contributed by atoms with E-state index in [-0.39, 0.29) is 6.10 Å². The topological polar surface area (TPSA) is 61.7 Å². The van der Waals surface area contributed by atoms with Crippen LogP contribution >= 0.6 is 0 Å². The normalized spacial score (nSPS) is 14.7. The smallest absolute Gasteiger partial charge is 0.0897 e. The molecule has 0 aromatic rings. The molecule has 0 radical (unpaired) electrons. The highest BCUT2D eigenvalue weighted by molar-refractivity contribution is 4.59. The van der Waals surface area contributed by atoms with Crippen LogP contribution in [-0.4, -0.2) is 48.7 Å². The highest BCUT2D eigenvalue weighted by Crippen LogP contribution is 1.99. The van der Waals surface area contributed by atoms with Gasteiger partial charge in [0.1, 0.15) is 0 Å². The molecule has 0 saturated carbocycles. The highest BCUT2D eigenvalue weighted by atomic mass is 16.5. The van der Waals surface area contributed by atoms with Crippen molar-refractivity contribution in [1.82, 2.24) is 5.32 Å². The molecule has 110 valence electrons. The van der Waals surface area contributed by atoms with E-state index in [4.69, 9.17) is 9.84 Å². The van der Waals surface area contributed by atoms with Crippen molar-refractivity contribution in [3.05, 3.63) is 0 Å². The number of ether oxygens (including phenoxy) is 1. The van der Waals surface area contributed by atoms with E-state index in [1.165, 1.54) is 19.3 Å². The van der Waals surface area contributed by atoms with Crippen LogP contribution in [0.15, 0.2) is 0 Å². The lowest BCUT2D eigenvalue weighted by atomic mass is 10.2. The Morgan fingerprint density at radius 1 is 1.11 bits per heavy atom. The van der Waals surface area contributed by atoms with Gasteiger partial charge in [-0.05, 0) is 32.7 Å². The van der Waals surface area contributed by atoms with Crippen molar-refractivity contribution in [3.63, 3.8) is 0 Å². The van der Waals surface area contributed by atoms with E-state index in [0.717, 1.165) is 32.4 Å². The molecule has 0 aromatic carbocycles. The van der Waals surface area contributed by atoms with E-state index in [0.29, 0.717) is 13.2 Å². The summed E-state index contributed by atoms with van der Waals surface area (Å²) in [4.78, 5) is 0. The lowest BCUT2D eigenvalue weighted by Gasteiger charge is -2.12. The second-order valence-electron chi connectivity index (χ2n) is 4.98. The first-order valence-electron chi connectivity index (χ1n) is 7.31. The van der Waals surface area contributed by atoms with Gasteiger partial charge in [0, 0.05) is 13.2 Å². The third-order valence-corrected chi connectivity index (χ3v) is 2.81. The summed E-state index contributed by atoms with van der Waals surface area (Å²) >= 11 is 0. The second kappa shape index (κ2) is 13.3. The van der Waals surface area contributed by atoms with Crippen LogP contribution in [0, 0.1) is 0 Å². The fraction of sp³-hybridized carbons (Fsp3) is 1.00. The quantitative estimate of drug-likeness (QED) is 0.442. The predicted octanol–water partition coefficient (Wildman–Crippen LogP) is 1.69. The summed E-state index contributed by atoms with van der Waals surface area (Å²) in [6, 6.07) is 0. The van der Waals surface area contributed by atoms with Crippen molar-refractivity contribution in [2.75, 3.05) is 26.3 Å². The molecular weight excluding hydrogens is 230 g/mol. The number of hydrogen-bond acceptors (Lipinski definition) is 4. The van der Waals surface area contributed by atoms with Crippen LogP contribution in [0.3, 0.4) is 0 Å². The van der Waals surface area contributed by atoms with Crippen LogP contribution in [0.1, 0.15) is 52.4 Å². The summed E-state index contributed by atoms with van der Waals surface area (Å²) in [6.45, 7) is 6.54. The van der Waals surface area contributed by atoms with Gasteiger partial charge in [-0.2, -0.15) is 0 Å². The second-order valence-corrected chi connectivity index (χ2v) is 4.98. The number of rotatable bonds is 13. The zero-order chi connectivity index (χ0) is 13.6. The standard InChI is InChI=1S/C14H31NO3/c1-3-4-5-6-10-18-12-14(17)11-15-9-7-8-13(2)16/h13-17H,3-12H2,1-2H3. The first kappa shape index (κ1) is 17.8. The third kappa shape index (κ3) is 13.9. The van der Waals surface area contributed by atoms with E-state index < -0.39 is 6.10 Å². The van der Waals surface area contributed by atoms with Crippen molar-refractivity contribution in [2.24, 2.45) is 0 Å². The molecule has 18 heavy (non-hydrogen) atoms. The minimum absolute atomic E-state index is 0.233. The van der Waals surface area contributed by atoms with E-state index in [2.05, 4.69) is 12.2 Å². The van der Waals surface area contributed by atoms with E-state index in [9.17, 15) is 5.11 Å². The fourth-order valence-corrected chi connectivity index (χ4v) is 1.70. The Morgan fingerprint density at radius 3 is 2.56 bits per heavy atom. The molecule has 2 unspecified atom stereocenters. The lowest BCUT2D eigenvalue weighted by molar-refractivity contribution is 0.0354. The van der Waals surface area contributed by atoms with Crippen molar-refractivity contribution >= 4 is 0 Å². The van der Waals surface area contributed by atoms with Gasteiger partial charge in [0.05, 0.1) is 18.8 Å². The SMILES string of the molecule is CCCCCCOCC(O)CNCCCC(C)O. The first-order valence-corrected chi connectivity index (χ1v) is 7.31. The predicted molar refractivity (Wildman–Crippen MR) is 74.8 cm³/mol. The summed E-state index contributed by atoms with van der Waals surface area (Å²) in [5.74, 6) is 0. The number of aliphatic hydroxyl groups excluding tert-OH is 2. The molecule has 0 aromatic heterocycles. The van der Waals surface area contributed by atoms with Gasteiger partial charge in [-0.1, -0.05) is 26.2 Å². The van der Waals surface area contributed by atoms with Crippen LogP contribution in [0.4, 0.5) is 0 Å². The highest BCUT2D eigenvalue weighted by Gasteiger charge is 2.03. The monoisotopic (exact) mass is 261 g/mol. The molecule has 0 aliphatic carbocycles. The maximum atomic E-state index is 9.62. The molecule has 4 heteroatoms. The molecular formula is C14H31NO3. The Labute approximate surface area is 112 Å². The summed E-state index contributed by atoms with van der Waals surface area (Å²) < 4.78 is 5.41. The van der Waals surface area contributed by atoms with Crippen molar-refractivity contribution < 1.29 is 14.9 Å². The van der Waals surface area contributed by atoms with Gasteiger partial charge in [0.25, 0.3) is 0 Å². The Bertz CT molecular complexity index is 165. The molecule has 3 N–H and O–H groups in total. The van der Waals surface area contributed by atoms with E-state index >= 15 is 0 Å². The zero-order valence-electron chi connectivity index (χ0n) is 12.0. The average molecular weight is 261 g/mol. The summed E-state index contributed by atoms with van der Waals surface area (Å²) in [5, 5.41) is 21.9. The number of unbranched alkanes of at least 4 members (excludes halogenated alkanes) is 3. The average Bonchev–Trinajstić information content (AvgIpc) is 2.33. The van der Waals surface area contributed by atoms with Crippen LogP contribution < -0.4 is 5.32 Å². The van der Waals surface area contributed by atoms with Gasteiger partial charge < -0.3 is 20.3 Å². The molecule has 0 heterocycles. The molecule has 2 atom stereocenters. The summed E-state index contributed by atoms with van der Waals surface area (Å²) in [5.41, 5.74) is 0. The molecule has 0 saturated heterocycles. The maximum Gasteiger partial charge on any atom is 0.0897 e. The molecule has 0 rings (SSSR count). The van der Waals surface area contributed by atoms with Crippen LogP contribution in [0.5, 0.6) is 0 Å². The van der Waals surface area contributed by atoms with Gasteiger partial charge in [-0.15, -0.1) is 0 Å². The number of nitrogens with one attached hydrogen (secondary N) is 1. The minimum atomic E-state index is -0.428. The van der Waals surface area contributed by atoms with Crippen molar-refractivity contribution in [1.29, 1.82) is 0 Å². The minimum Gasteiger partial charge on any atom is -0.393 e. The van der Waals surface area contributed by atoms with Crippen LogP contribution in [0.2, 0.25) is 0 Å². The molecule has 0 bridgehead atoms. The van der Waals surface area contributed by atoms with E-state index in [1.807, 2.05) is 0 Å². The Balaban J connectivity index is 3.15. The Hall–Kier alpha value is -0.160. The van der Waals surface area contributed by atoms with Crippen LogP contribution in [0.25, 0.3) is 0 Å². The zero-order valence-corrected chi connectivity index (χ0v) is 12.0. The molecule has 0 aliphatic heterocycles. The largest absolute Gasteiger partial charge is 0.393 e. The number of hydrogen-bond donors (Lipinski definition) is 3. The van der Waals surface area contributed by atoms with Gasteiger partial charge in [0.15, 0.2) is 0 Å². The maximum absolute atomic E-state index is 9.62. The van der Waals surface area contributed by atoms with Gasteiger partial charge in [-0.25, -0.2) is 0 Å². The Morgan fingerprint density at radius 2 is 1.89 bits per heavy atom. The molecule has 0 aliphatic rings. The van der Waals surface area contributed by atoms with Gasteiger partial charge in [-0.3, -0.25) is 0 Å². The van der Waals surface area contributed by atoms with Crippen molar-refractivity contribution in [3.8, 4) is 0 Å². The van der Waals surface area contributed by atoms with Gasteiger partial charge in [0.2, 0.25) is 0 Å². The molecule has 0 fully saturated rings. The number of aliphatic hydroxyl groups is 2. The summed E-state index contributed by atoms with van der Waals surface area (Å²) in [6.07, 6.45) is 5.87. The first-order chi connectivity index (χ1) is 8.66. The van der Waals surface area contributed by atoms with Crippen molar-refractivity contribution in [2.45, 2.75) is 64.6 Å². The van der Waals surface area contributed by atoms with Crippen LogP contribution in [-0.2, 0) is 4.74 Å². The fourth-order valence-electron chi connectivity index (χ4n) is 1.70. The third-order valence-electron chi connectivity index (χ3n) is 2.81. The lowest BCUT2D eigenvalue weighted by Crippen LogP contribution is -2.31. The molecule has 0 spiro atoms. The Kier molecular flexibility index (Phi) is 13.2. The molecule has 0 amide bonds. The van der Waals surface area contributed by atoms with Gasteiger partial charge >= 0.3 is 0 Å². The van der Waals surface area contributed by atoms with E-state index in [1.54, 1.807) is 6.92 Å². The molecule has 4 nitrogen and oxygen atoms in total.